The molecular weight excluding hydrogens is 272 g/mol. The van der Waals surface area contributed by atoms with E-state index in [1.54, 1.807) is 5.38 Å². The van der Waals surface area contributed by atoms with Gasteiger partial charge in [-0.3, -0.25) is 0 Å². The van der Waals surface area contributed by atoms with E-state index in [0.717, 1.165) is 17.6 Å². The number of methoxy groups -OCH3 is 1. The van der Waals surface area contributed by atoms with E-state index in [1.807, 2.05) is 0 Å². The van der Waals surface area contributed by atoms with Crippen molar-refractivity contribution in [1.82, 2.24) is 4.98 Å². The average Bonchev–Trinajstić information content (AvgIpc) is 3.04. The zero-order valence-electron chi connectivity index (χ0n) is 12.6. The van der Waals surface area contributed by atoms with Crippen LogP contribution in [0.4, 0.5) is 5.13 Å². The number of esters is 1. The highest BCUT2D eigenvalue weighted by Gasteiger charge is 2.34. The number of carbonyl (C=O) groups is 1. The molecule has 0 amide bonds. The van der Waals surface area contributed by atoms with Gasteiger partial charge in [0, 0.05) is 11.9 Å². The second-order valence-electron chi connectivity index (χ2n) is 6.19. The van der Waals surface area contributed by atoms with Crippen LogP contribution in [0, 0.1) is 11.3 Å². The van der Waals surface area contributed by atoms with Gasteiger partial charge in [-0.25, -0.2) is 9.78 Å². The van der Waals surface area contributed by atoms with Crippen LogP contribution in [0.1, 0.15) is 56.4 Å². The third kappa shape index (κ3) is 3.72. The Kier molecular flexibility index (Phi) is 5.02. The van der Waals surface area contributed by atoms with Crippen molar-refractivity contribution in [3.05, 3.63) is 11.1 Å². The molecule has 0 radical (unpaired) electrons. The summed E-state index contributed by atoms with van der Waals surface area (Å²) in [5.74, 6) is 0.351. The van der Waals surface area contributed by atoms with Crippen LogP contribution in [0.5, 0.6) is 0 Å². The lowest BCUT2D eigenvalue weighted by Crippen LogP contribution is -2.28. The molecule has 1 aliphatic rings. The lowest BCUT2D eigenvalue weighted by atomic mass is 9.78. The molecule has 1 aromatic rings. The van der Waals surface area contributed by atoms with Gasteiger partial charge in [0.1, 0.15) is 0 Å². The largest absolute Gasteiger partial charge is 0.464 e. The van der Waals surface area contributed by atoms with E-state index in [0.29, 0.717) is 11.1 Å². The average molecular weight is 296 g/mol. The molecule has 1 N–H and O–H groups in total. The van der Waals surface area contributed by atoms with Gasteiger partial charge in [-0.05, 0) is 30.6 Å². The summed E-state index contributed by atoms with van der Waals surface area (Å²) < 4.78 is 4.68. The number of carbonyl (C=O) groups excluding carboxylic acids is 1. The predicted molar refractivity (Wildman–Crippen MR) is 82.3 cm³/mol. The molecule has 2 rings (SSSR count). The van der Waals surface area contributed by atoms with Crippen molar-refractivity contribution in [1.29, 1.82) is 0 Å². The van der Waals surface area contributed by atoms with Crippen LogP contribution in [-0.2, 0) is 4.74 Å². The zero-order chi connectivity index (χ0) is 14.6. The van der Waals surface area contributed by atoms with Crippen molar-refractivity contribution >= 4 is 22.4 Å². The summed E-state index contributed by atoms with van der Waals surface area (Å²) in [6, 6.07) is 0. The second kappa shape index (κ2) is 6.57. The molecule has 0 atom stereocenters. The predicted octanol–water partition coefficient (Wildman–Crippen LogP) is 3.95. The number of rotatable bonds is 6. The molecule has 1 saturated carbocycles. The number of hydrogen-bond donors (Lipinski definition) is 1. The molecule has 1 fully saturated rings. The molecule has 0 aliphatic heterocycles. The van der Waals surface area contributed by atoms with Crippen LogP contribution >= 0.6 is 11.3 Å². The number of aromatic nitrogens is 1. The lowest BCUT2D eigenvalue weighted by Gasteiger charge is -2.31. The van der Waals surface area contributed by atoms with Crippen LogP contribution in [0.2, 0.25) is 0 Å². The number of hydrogen-bond acceptors (Lipinski definition) is 5. The quantitative estimate of drug-likeness (QED) is 0.808. The summed E-state index contributed by atoms with van der Waals surface area (Å²) in [6.45, 7) is 5.54. The van der Waals surface area contributed by atoms with Gasteiger partial charge < -0.3 is 10.1 Å². The minimum absolute atomic E-state index is 0.368. The minimum Gasteiger partial charge on any atom is -0.464 e. The van der Waals surface area contributed by atoms with Crippen molar-refractivity contribution in [2.75, 3.05) is 19.0 Å². The Bertz CT molecular complexity index is 450. The first-order chi connectivity index (χ1) is 9.54. The van der Waals surface area contributed by atoms with E-state index in [-0.39, 0.29) is 5.97 Å². The first kappa shape index (κ1) is 15.3. The number of nitrogens with zero attached hydrogens (tertiary/aromatic N) is 1. The van der Waals surface area contributed by atoms with Gasteiger partial charge in [-0.1, -0.05) is 26.7 Å². The van der Waals surface area contributed by atoms with Gasteiger partial charge in [0.05, 0.1) is 7.11 Å². The fourth-order valence-corrected chi connectivity index (χ4v) is 3.94. The molecule has 112 valence electrons. The maximum atomic E-state index is 11.4. The third-order valence-corrected chi connectivity index (χ3v) is 4.82. The molecule has 1 heterocycles. The molecule has 0 bridgehead atoms. The molecule has 0 aromatic carbocycles. The summed E-state index contributed by atoms with van der Waals surface area (Å²) >= 11 is 1.47. The Morgan fingerprint density at radius 3 is 2.80 bits per heavy atom. The lowest BCUT2D eigenvalue weighted by molar-refractivity contribution is 0.0595. The van der Waals surface area contributed by atoms with Crippen LogP contribution < -0.4 is 5.32 Å². The van der Waals surface area contributed by atoms with Gasteiger partial charge in [-0.2, -0.15) is 0 Å². The topological polar surface area (TPSA) is 51.2 Å². The van der Waals surface area contributed by atoms with Gasteiger partial charge in [0.25, 0.3) is 0 Å². The van der Waals surface area contributed by atoms with Gasteiger partial charge in [0.2, 0.25) is 0 Å². The highest BCUT2D eigenvalue weighted by molar-refractivity contribution is 7.13. The second-order valence-corrected chi connectivity index (χ2v) is 7.05. The third-order valence-electron chi connectivity index (χ3n) is 4.02. The molecule has 4 nitrogen and oxygen atoms in total. The van der Waals surface area contributed by atoms with Crippen molar-refractivity contribution in [3.63, 3.8) is 0 Å². The van der Waals surface area contributed by atoms with Gasteiger partial charge in [-0.15, -0.1) is 11.3 Å². The smallest absolute Gasteiger partial charge is 0.357 e. The number of nitrogens with one attached hydrogen (secondary N) is 1. The fraction of sp³-hybridized carbons (Fsp3) is 0.733. The van der Waals surface area contributed by atoms with Crippen LogP contribution in [0.15, 0.2) is 5.38 Å². The molecule has 20 heavy (non-hydrogen) atoms. The summed E-state index contributed by atoms with van der Waals surface area (Å²) in [5.41, 5.74) is 0.801. The molecule has 0 spiro atoms. The van der Waals surface area contributed by atoms with Crippen molar-refractivity contribution in [2.45, 2.75) is 46.0 Å². The van der Waals surface area contributed by atoms with E-state index in [4.69, 9.17) is 0 Å². The van der Waals surface area contributed by atoms with Crippen molar-refractivity contribution in [2.24, 2.45) is 11.3 Å². The molecule has 0 saturated heterocycles. The Labute approximate surface area is 124 Å². The summed E-state index contributed by atoms with van der Waals surface area (Å²) in [6.07, 6.45) is 6.52. The highest BCUT2D eigenvalue weighted by Crippen LogP contribution is 2.43. The maximum absolute atomic E-state index is 11.4. The van der Waals surface area contributed by atoms with Crippen molar-refractivity contribution < 1.29 is 9.53 Å². The number of anilines is 1. The molecule has 5 heteroatoms. The minimum atomic E-state index is -0.368. The molecule has 0 unspecified atom stereocenters. The summed E-state index contributed by atoms with van der Waals surface area (Å²) in [5, 5.41) is 6.00. The maximum Gasteiger partial charge on any atom is 0.357 e. The Hall–Kier alpha value is -1.10. The van der Waals surface area contributed by atoms with Gasteiger partial charge in [0.15, 0.2) is 10.8 Å². The Morgan fingerprint density at radius 2 is 2.20 bits per heavy atom. The standard InChI is InChI=1S/C15H24N2O2S/c1-11(2)8-15(6-4-5-7-15)10-16-14-17-12(9-20-14)13(18)19-3/h9,11H,4-8,10H2,1-3H3,(H,16,17). The Morgan fingerprint density at radius 1 is 1.50 bits per heavy atom. The van der Waals surface area contributed by atoms with Crippen molar-refractivity contribution in [3.8, 4) is 0 Å². The first-order valence-corrected chi connectivity index (χ1v) is 8.20. The monoisotopic (exact) mass is 296 g/mol. The number of thiazole rings is 1. The summed E-state index contributed by atoms with van der Waals surface area (Å²) in [7, 11) is 1.38. The van der Waals surface area contributed by atoms with Gasteiger partial charge >= 0.3 is 5.97 Å². The van der Waals surface area contributed by atoms with E-state index in [2.05, 4.69) is 28.9 Å². The fourth-order valence-electron chi connectivity index (χ4n) is 3.26. The highest BCUT2D eigenvalue weighted by atomic mass is 32.1. The Balaban J connectivity index is 1.95. The first-order valence-electron chi connectivity index (χ1n) is 7.32. The normalized spacial score (nSPS) is 17.4. The van der Waals surface area contributed by atoms with E-state index in [9.17, 15) is 4.79 Å². The van der Waals surface area contributed by atoms with Crippen LogP contribution in [0.3, 0.4) is 0 Å². The van der Waals surface area contributed by atoms with E-state index in [1.165, 1.54) is 50.6 Å². The zero-order valence-corrected chi connectivity index (χ0v) is 13.4. The molecule has 1 aliphatic carbocycles. The van der Waals surface area contributed by atoms with E-state index >= 15 is 0 Å². The number of ether oxygens (including phenoxy) is 1. The molecule has 1 aromatic heterocycles. The molecular formula is C15H24N2O2S. The summed E-state index contributed by atoms with van der Waals surface area (Å²) in [4.78, 5) is 15.7. The van der Waals surface area contributed by atoms with Crippen LogP contribution in [0.25, 0.3) is 0 Å². The van der Waals surface area contributed by atoms with Crippen LogP contribution in [-0.4, -0.2) is 24.6 Å². The SMILES string of the molecule is COC(=O)c1csc(NCC2(CC(C)C)CCCC2)n1. The van der Waals surface area contributed by atoms with E-state index < -0.39 is 0 Å².